The van der Waals surface area contributed by atoms with E-state index in [1.807, 2.05) is 0 Å². The van der Waals surface area contributed by atoms with Crippen LogP contribution in [-0.2, 0) is 14.8 Å². The molecule has 22 heavy (non-hydrogen) atoms. The standard InChI is InChI=1S/C14H17FN2O3S2/c1-16(11-4-5-11)14(18)13-8-21-9-17(13)22(19,20)12-6-2-10(15)3-7-12/h2-3,6-7,11,13H,4-5,8-9H2,1H3/t13-/m1/s1. The van der Waals surface area contributed by atoms with E-state index in [1.54, 1.807) is 11.9 Å². The predicted octanol–water partition coefficient (Wildman–Crippen LogP) is 1.51. The monoisotopic (exact) mass is 344 g/mol. The van der Waals surface area contributed by atoms with Gasteiger partial charge in [0.15, 0.2) is 0 Å². The van der Waals surface area contributed by atoms with Crippen LogP contribution in [0, 0.1) is 5.82 Å². The molecule has 1 saturated heterocycles. The van der Waals surface area contributed by atoms with Gasteiger partial charge >= 0.3 is 0 Å². The van der Waals surface area contributed by atoms with Gasteiger partial charge in [-0.05, 0) is 37.1 Å². The highest BCUT2D eigenvalue weighted by Crippen LogP contribution is 2.32. The molecule has 8 heteroatoms. The first-order valence-electron chi connectivity index (χ1n) is 7.03. The molecule has 1 aliphatic carbocycles. The van der Waals surface area contributed by atoms with Crippen LogP contribution >= 0.6 is 11.8 Å². The minimum absolute atomic E-state index is 0.0169. The Morgan fingerprint density at radius 1 is 1.32 bits per heavy atom. The average Bonchev–Trinajstić information content (AvgIpc) is 3.22. The molecule has 0 spiro atoms. The van der Waals surface area contributed by atoms with E-state index in [1.165, 1.54) is 28.2 Å². The molecule has 1 aromatic rings. The van der Waals surface area contributed by atoms with E-state index in [2.05, 4.69) is 0 Å². The van der Waals surface area contributed by atoms with Crippen LogP contribution in [0.15, 0.2) is 29.2 Å². The summed E-state index contributed by atoms with van der Waals surface area (Å²) in [4.78, 5) is 14.2. The minimum Gasteiger partial charge on any atom is -0.341 e. The van der Waals surface area contributed by atoms with E-state index in [-0.39, 0.29) is 22.7 Å². The maximum atomic E-state index is 13.0. The fraction of sp³-hybridized carbons (Fsp3) is 0.500. The summed E-state index contributed by atoms with van der Waals surface area (Å²) in [6, 6.07) is 4.27. The van der Waals surface area contributed by atoms with Gasteiger partial charge < -0.3 is 4.90 Å². The molecular formula is C14H17FN2O3S2. The topological polar surface area (TPSA) is 57.7 Å². The Kier molecular flexibility index (Phi) is 4.17. The number of likely N-dealkylation sites (N-methyl/N-ethyl adjacent to an activating group) is 1. The number of amides is 1. The highest BCUT2D eigenvalue weighted by Gasteiger charge is 2.43. The summed E-state index contributed by atoms with van der Waals surface area (Å²) in [5.41, 5.74) is 0. The van der Waals surface area contributed by atoms with Gasteiger partial charge in [0.2, 0.25) is 15.9 Å². The summed E-state index contributed by atoms with van der Waals surface area (Å²) in [5, 5.41) is 0. The van der Waals surface area contributed by atoms with Crippen molar-refractivity contribution in [3.05, 3.63) is 30.1 Å². The lowest BCUT2D eigenvalue weighted by Gasteiger charge is -2.26. The third kappa shape index (κ3) is 2.87. The molecule has 1 saturated carbocycles. The normalized spacial score (nSPS) is 22.7. The molecular weight excluding hydrogens is 327 g/mol. The maximum absolute atomic E-state index is 13.0. The largest absolute Gasteiger partial charge is 0.341 e. The van der Waals surface area contributed by atoms with Gasteiger partial charge in [-0.3, -0.25) is 4.79 Å². The van der Waals surface area contributed by atoms with E-state index in [4.69, 9.17) is 0 Å². The molecule has 2 fully saturated rings. The molecule has 1 amide bonds. The molecule has 5 nitrogen and oxygen atoms in total. The third-order valence-electron chi connectivity index (χ3n) is 3.99. The van der Waals surface area contributed by atoms with Crippen molar-refractivity contribution in [3.8, 4) is 0 Å². The number of hydrogen-bond donors (Lipinski definition) is 0. The van der Waals surface area contributed by atoms with Crippen molar-refractivity contribution in [3.63, 3.8) is 0 Å². The highest BCUT2D eigenvalue weighted by atomic mass is 32.2. The molecule has 120 valence electrons. The first kappa shape index (κ1) is 15.8. The van der Waals surface area contributed by atoms with E-state index >= 15 is 0 Å². The summed E-state index contributed by atoms with van der Waals surface area (Å²) in [5.74, 6) is 0.0549. The van der Waals surface area contributed by atoms with E-state index in [9.17, 15) is 17.6 Å². The quantitative estimate of drug-likeness (QED) is 0.831. The number of carbonyl (C=O) groups is 1. The first-order chi connectivity index (χ1) is 10.4. The van der Waals surface area contributed by atoms with E-state index in [0.717, 1.165) is 25.0 Å². The molecule has 2 aliphatic rings. The Hall–Kier alpha value is -1.12. The highest BCUT2D eigenvalue weighted by molar-refractivity contribution is 8.00. The third-order valence-corrected chi connectivity index (χ3v) is 7.03. The van der Waals surface area contributed by atoms with Gasteiger partial charge in [-0.1, -0.05) is 0 Å². The smallest absolute Gasteiger partial charge is 0.244 e. The lowest BCUT2D eigenvalue weighted by molar-refractivity contribution is -0.133. The number of rotatable bonds is 4. The maximum Gasteiger partial charge on any atom is 0.244 e. The van der Waals surface area contributed by atoms with Crippen LogP contribution in [0.4, 0.5) is 4.39 Å². The fourth-order valence-corrected chi connectivity index (χ4v) is 5.61. The average molecular weight is 344 g/mol. The molecule has 1 aliphatic heterocycles. The Balaban J connectivity index is 1.85. The molecule has 0 N–H and O–H groups in total. The van der Waals surface area contributed by atoms with Crippen LogP contribution in [0.1, 0.15) is 12.8 Å². The fourth-order valence-electron chi connectivity index (χ4n) is 2.48. The number of thioether (sulfide) groups is 1. The Morgan fingerprint density at radius 3 is 2.55 bits per heavy atom. The molecule has 0 radical (unpaired) electrons. The number of sulfonamides is 1. The van der Waals surface area contributed by atoms with Crippen LogP contribution in [0.2, 0.25) is 0 Å². The molecule has 0 unspecified atom stereocenters. The number of carbonyl (C=O) groups excluding carboxylic acids is 1. The molecule has 0 bridgehead atoms. The second kappa shape index (κ2) is 5.82. The van der Waals surface area contributed by atoms with Gasteiger partial charge in [0.25, 0.3) is 0 Å². The van der Waals surface area contributed by atoms with E-state index < -0.39 is 21.9 Å². The Bertz CT molecular complexity index is 674. The zero-order valence-corrected chi connectivity index (χ0v) is 13.7. The minimum atomic E-state index is -3.79. The van der Waals surface area contributed by atoms with Crippen LogP contribution in [0.3, 0.4) is 0 Å². The first-order valence-corrected chi connectivity index (χ1v) is 9.62. The number of hydrogen-bond acceptors (Lipinski definition) is 4. The van der Waals surface area contributed by atoms with Gasteiger partial charge in [0, 0.05) is 18.8 Å². The van der Waals surface area contributed by atoms with Crippen molar-refractivity contribution >= 4 is 27.7 Å². The van der Waals surface area contributed by atoms with Gasteiger partial charge in [0.05, 0.1) is 10.8 Å². The summed E-state index contributed by atoms with van der Waals surface area (Å²) in [6.07, 6.45) is 1.96. The molecule has 1 aromatic carbocycles. The Morgan fingerprint density at radius 2 is 1.95 bits per heavy atom. The number of nitrogens with zero attached hydrogens (tertiary/aromatic N) is 2. The van der Waals surface area contributed by atoms with Crippen molar-refractivity contribution in [2.75, 3.05) is 18.7 Å². The number of benzene rings is 1. The van der Waals surface area contributed by atoms with Gasteiger partial charge in [-0.25, -0.2) is 12.8 Å². The second-order valence-corrected chi connectivity index (χ2v) is 8.43. The lowest BCUT2D eigenvalue weighted by atomic mass is 10.3. The zero-order chi connectivity index (χ0) is 15.9. The summed E-state index contributed by atoms with van der Waals surface area (Å²) >= 11 is 1.42. The lowest BCUT2D eigenvalue weighted by Crippen LogP contribution is -2.48. The van der Waals surface area contributed by atoms with Crippen molar-refractivity contribution in [2.24, 2.45) is 0 Å². The summed E-state index contributed by atoms with van der Waals surface area (Å²) in [6.45, 7) is 0. The second-order valence-electron chi connectivity index (χ2n) is 5.54. The molecule has 3 rings (SSSR count). The van der Waals surface area contributed by atoms with E-state index in [0.29, 0.717) is 5.75 Å². The summed E-state index contributed by atoms with van der Waals surface area (Å²) in [7, 11) is -2.06. The van der Waals surface area contributed by atoms with Crippen molar-refractivity contribution in [2.45, 2.75) is 29.8 Å². The molecule has 1 atom stereocenters. The van der Waals surface area contributed by atoms with Crippen LogP contribution in [0.5, 0.6) is 0 Å². The van der Waals surface area contributed by atoms with Crippen molar-refractivity contribution < 1.29 is 17.6 Å². The van der Waals surface area contributed by atoms with Crippen LogP contribution < -0.4 is 0 Å². The van der Waals surface area contributed by atoms with Crippen molar-refractivity contribution in [1.82, 2.24) is 9.21 Å². The van der Waals surface area contributed by atoms with Gasteiger partial charge in [0.1, 0.15) is 11.9 Å². The zero-order valence-electron chi connectivity index (χ0n) is 12.1. The Labute approximate surface area is 133 Å². The summed E-state index contributed by atoms with van der Waals surface area (Å²) < 4.78 is 39.6. The molecule has 0 aromatic heterocycles. The van der Waals surface area contributed by atoms with Crippen LogP contribution in [-0.4, -0.2) is 54.3 Å². The SMILES string of the molecule is CN(C(=O)[C@H]1CSCN1S(=O)(=O)c1ccc(F)cc1)C1CC1. The van der Waals surface area contributed by atoms with Crippen LogP contribution in [0.25, 0.3) is 0 Å². The van der Waals surface area contributed by atoms with Crippen molar-refractivity contribution in [1.29, 1.82) is 0 Å². The number of halogens is 1. The van der Waals surface area contributed by atoms with Gasteiger partial charge in [-0.15, -0.1) is 11.8 Å². The molecule has 1 heterocycles. The van der Waals surface area contributed by atoms with Gasteiger partial charge in [-0.2, -0.15) is 4.31 Å². The predicted molar refractivity (Wildman–Crippen MR) is 82.3 cm³/mol.